The summed E-state index contributed by atoms with van der Waals surface area (Å²) in [7, 11) is 0. The summed E-state index contributed by atoms with van der Waals surface area (Å²) in [6.07, 6.45) is 3.35. The van der Waals surface area contributed by atoms with Gasteiger partial charge in [-0.3, -0.25) is 4.98 Å². The van der Waals surface area contributed by atoms with Crippen LogP contribution in [-0.4, -0.2) is 11.6 Å². The lowest BCUT2D eigenvalue weighted by molar-refractivity contribution is 0.103. The summed E-state index contributed by atoms with van der Waals surface area (Å²) >= 11 is 5.88. The van der Waals surface area contributed by atoms with E-state index in [4.69, 9.17) is 16.3 Å². The van der Waals surface area contributed by atoms with Crippen LogP contribution in [0.3, 0.4) is 0 Å². The molecule has 0 saturated carbocycles. The van der Waals surface area contributed by atoms with E-state index in [-0.39, 0.29) is 6.10 Å². The van der Waals surface area contributed by atoms with Gasteiger partial charge < -0.3 is 4.74 Å². The Balaban J connectivity index is 2.09. The molecule has 3 aromatic rings. The Kier molecular flexibility index (Phi) is 4.52. The molecule has 1 aromatic heterocycles. The molecule has 1 atom stereocenters. The zero-order valence-corrected chi connectivity index (χ0v) is 12.8. The third-order valence-electron chi connectivity index (χ3n) is 3.50. The lowest BCUT2D eigenvalue weighted by atomic mass is 9.96. The van der Waals surface area contributed by atoms with Gasteiger partial charge >= 0.3 is 0 Å². The molecule has 0 spiro atoms. The van der Waals surface area contributed by atoms with E-state index in [1.165, 1.54) is 10.8 Å². The van der Waals surface area contributed by atoms with Crippen LogP contribution in [0.15, 0.2) is 78.6 Å². The van der Waals surface area contributed by atoms with Crippen LogP contribution in [-0.2, 0) is 4.74 Å². The average molecular weight is 310 g/mol. The molecule has 0 fully saturated rings. The number of ether oxygens (including phenoxy) is 1. The molecule has 3 heteroatoms. The molecule has 0 radical (unpaired) electrons. The minimum atomic E-state index is -0.227. The van der Waals surface area contributed by atoms with Gasteiger partial charge in [-0.1, -0.05) is 66.7 Å². The van der Waals surface area contributed by atoms with Crippen LogP contribution in [0.25, 0.3) is 10.8 Å². The highest BCUT2D eigenvalue weighted by Crippen LogP contribution is 2.31. The van der Waals surface area contributed by atoms with Crippen molar-refractivity contribution in [2.24, 2.45) is 0 Å². The average Bonchev–Trinajstić information content (AvgIpc) is 2.56. The van der Waals surface area contributed by atoms with E-state index in [2.05, 4.69) is 35.8 Å². The van der Waals surface area contributed by atoms with Crippen LogP contribution in [0.1, 0.15) is 17.2 Å². The first-order valence-electron chi connectivity index (χ1n) is 7.08. The van der Waals surface area contributed by atoms with E-state index in [1.54, 1.807) is 6.20 Å². The normalized spacial score (nSPS) is 12.2. The van der Waals surface area contributed by atoms with E-state index >= 15 is 0 Å². The first-order valence-corrected chi connectivity index (χ1v) is 7.46. The van der Waals surface area contributed by atoms with Gasteiger partial charge in [0.1, 0.15) is 6.10 Å². The number of hydrogen-bond donors (Lipinski definition) is 0. The van der Waals surface area contributed by atoms with Crippen molar-refractivity contribution in [2.75, 3.05) is 6.61 Å². The second kappa shape index (κ2) is 6.73. The zero-order chi connectivity index (χ0) is 15.4. The van der Waals surface area contributed by atoms with Crippen molar-refractivity contribution in [1.29, 1.82) is 0 Å². The molecule has 2 nitrogen and oxygen atoms in total. The predicted octanol–water partition coefficient (Wildman–Crippen LogP) is 5.09. The van der Waals surface area contributed by atoms with Gasteiger partial charge in [-0.25, -0.2) is 0 Å². The highest BCUT2D eigenvalue weighted by molar-refractivity contribution is 6.29. The van der Waals surface area contributed by atoms with Crippen LogP contribution in [0.4, 0.5) is 0 Å². The van der Waals surface area contributed by atoms with E-state index in [0.717, 1.165) is 11.1 Å². The Hall–Kier alpha value is -2.16. The number of pyridine rings is 1. The molecule has 22 heavy (non-hydrogen) atoms. The van der Waals surface area contributed by atoms with Gasteiger partial charge in [-0.15, -0.1) is 0 Å². The van der Waals surface area contributed by atoms with Crippen LogP contribution < -0.4 is 0 Å². The highest BCUT2D eigenvalue weighted by Gasteiger charge is 2.17. The summed E-state index contributed by atoms with van der Waals surface area (Å²) in [6.45, 7) is 4.00. The topological polar surface area (TPSA) is 22.1 Å². The number of hydrogen-bond acceptors (Lipinski definition) is 2. The molecule has 0 aliphatic heterocycles. The maximum absolute atomic E-state index is 6.01. The van der Waals surface area contributed by atoms with Crippen molar-refractivity contribution < 1.29 is 4.74 Å². The lowest BCUT2D eigenvalue weighted by Gasteiger charge is -2.20. The second-order valence-electron chi connectivity index (χ2n) is 5.06. The molecule has 0 N–H and O–H groups in total. The summed E-state index contributed by atoms with van der Waals surface area (Å²) < 4.78 is 6.01. The Bertz CT molecular complexity index is 780. The van der Waals surface area contributed by atoms with Crippen LogP contribution >= 0.6 is 11.6 Å². The van der Waals surface area contributed by atoms with Crippen LogP contribution in [0, 0.1) is 0 Å². The van der Waals surface area contributed by atoms with Crippen molar-refractivity contribution >= 4 is 22.4 Å². The maximum Gasteiger partial charge on any atom is 0.110 e. The molecule has 0 amide bonds. The Morgan fingerprint density at radius 2 is 1.91 bits per heavy atom. The van der Waals surface area contributed by atoms with Crippen molar-refractivity contribution in [2.45, 2.75) is 6.10 Å². The van der Waals surface area contributed by atoms with Crippen molar-refractivity contribution in [3.63, 3.8) is 0 Å². The minimum Gasteiger partial charge on any atom is -0.363 e. The molecule has 1 heterocycles. The molecule has 0 aliphatic rings. The van der Waals surface area contributed by atoms with Gasteiger partial charge in [0.15, 0.2) is 0 Å². The fraction of sp³-hybridized carbons (Fsp3) is 0.105. The Labute approximate surface area is 135 Å². The molecular formula is C19H16ClNO. The van der Waals surface area contributed by atoms with Crippen LogP contribution in [0.5, 0.6) is 0 Å². The van der Waals surface area contributed by atoms with Gasteiger partial charge in [0.05, 0.1) is 6.61 Å². The number of fused-ring (bicyclic) bond motifs is 1. The molecule has 110 valence electrons. The first-order chi connectivity index (χ1) is 10.8. The molecule has 0 bridgehead atoms. The molecule has 2 aromatic carbocycles. The fourth-order valence-corrected chi connectivity index (χ4v) is 2.61. The van der Waals surface area contributed by atoms with Gasteiger partial charge in [-0.2, -0.15) is 0 Å². The number of nitrogens with zero attached hydrogens (tertiary/aromatic N) is 1. The molecule has 1 unspecified atom stereocenters. The van der Waals surface area contributed by atoms with E-state index < -0.39 is 0 Å². The first kappa shape index (κ1) is 14.8. The summed E-state index contributed by atoms with van der Waals surface area (Å²) in [5.74, 6) is 0. The SMILES string of the molecule is C=C(Cl)COC(c1cccnc1)c1cccc2ccccc12. The second-order valence-corrected chi connectivity index (χ2v) is 5.60. The number of halogens is 1. The van der Waals surface area contributed by atoms with Gasteiger partial charge in [-0.05, 0) is 22.4 Å². The Morgan fingerprint density at radius 1 is 1.09 bits per heavy atom. The zero-order valence-electron chi connectivity index (χ0n) is 12.1. The van der Waals surface area contributed by atoms with E-state index in [1.807, 2.05) is 36.5 Å². The molecular weight excluding hydrogens is 294 g/mol. The van der Waals surface area contributed by atoms with Gasteiger partial charge in [0.25, 0.3) is 0 Å². The third-order valence-corrected chi connectivity index (χ3v) is 3.61. The number of rotatable bonds is 5. The van der Waals surface area contributed by atoms with Gasteiger partial charge in [0.2, 0.25) is 0 Å². The highest BCUT2D eigenvalue weighted by atomic mass is 35.5. The molecule has 0 aliphatic carbocycles. The largest absolute Gasteiger partial charge is 0.363 e. The predicted molar refractivity (Wildman–Crippen MR) is 91.0 cm³/mol. The summed E-state index contributed by atoms with van der Waals surface area (Å²) in [4.78, 5) is 4.20. The Morgan fingerprint density at radius 3 is 2.68 bits per heavy atom. The van der Waals surface area contributed by atoms with Crippen molar-refractivity contribution in [1.82, 2.24) is 4.98 Å². The summed E-state index contributed by atoms with van der Waals surface area (Å²) in [5.41, 5.74) is 2.10. The third kappa shape index (κ3) is 3.19. The van der Waals surface area contributed by atoms with E-state index in [0.29, 0.717) is 11.6 Å². The minimum absolute atomic E-state index is 0.227. The van der Waals surface area contributed by atoms with E-state index in [9.17, 15) is 0 Å². The molecule has 0 saturated heterocycles. The maximum atomic E-state index is 6.01. The summed E-state index contributed by atoms with van der Waals surface area (Å²) in [6, 6.07) is 18.4. The number of benzene rings is 2. The number of aromatic nitrogens is 1. The van der Waals surface area contributed by atoms with Crippen molar-refractivity contribution in [3.8, 4) is 0 Å². The van der Waals surface area contributed by atoms with Crippen molar-refractivity contribution in [3.05, 3.63) is 89.7 Å². The monoisotopic (exact) mass is 309 g/mol. The quantitative estimate of drug-likeness (QED) is 0.654. The summed E-state index contributed by atoms with van der Waals surface area (Å²) in [5, 5.41) is 2.83. The molecule has 3 rings (SSSR count). The fourth-order valence-electron chi connectivity index (χ4n) is 2.55. The smallest absolute Gasteiger partial charge is 0.110 e. The van der Waals surface area contributed by atoms with Gasteiger partial charge in [0, 0.05) is 23.0 Å². The lowest BCUT2D eigenvalue weighted by Crippen LogP contribution is -2.08. The standard InChI is InChI=1S/C19H16ClNO/c1-14(20)13-22-19(16-8-5-11-21-12-16)18-10-4-7-15-6-2-3-9-17(15)18/h2-12,19H,1,13H2. The van der Waals surface area contributed by atoms with Crippen LogP contribution in [0.2, 0.25) is 0 Å².